The molecular formula is C21H23ClN2O5. The molecule has 0 aromatic heterocycles. The number of hydrogen-bond acceptors (Lipinski definition) is 5. The highest BCUT2D eigenvalue weighted by Crippen LogP contribution is 2.42. The molecule has 0 spiro atoms. The number of nitrogens with one attached hydrogen (secondary N) is 1. The highest BCUT2D eigenvalue weighted by atomic mass is 35.5. The zero-order chi connectivity index (χ0) is 21.1. The number of carbonyl (C=O) groups is 2. The largest absolute Gasteiger partial charge is 0.493 e. The second-order valence-corrected chi connectivity index (χ2v) is 7.17. The van der Waals surface area contributed by atoms with Crippen LogP contribution in [0.25, 0.3) is 0 Å². The second-order valence-electron chi connectivity index (χ2n) is 6.74. The summed E-state index contributed by atoms with van der Waals surface area (Å²) in [6.45, 7) is 2.14. The molecule has 2 amide bonds. The topological polar surface area (TPSA) is 77.1 Å². The molecule has 1 fully saturated rings. The number of rotatable bonds is 6. The molecule has 0 saturated carbocycles. The first-order valence-corrected chi connectivity index (χ1v) is 9.43. The number of nitrogens with zero attached hydrogens (tertiary/aromatic N) is 1. The van der Waals surface area contributed by atoms with Crippen molar-refractivity contribution in [3.63, 3.8) is 0 Å². The fourth-order valence-electron chi connectivity index (χ4n) is 3.32. The molecule has 1 N–H and O–H groups in total. The number of ether oxygens (including phenoxy) is 3. The van der Waals surface area contributed by atoms with Gasteiger partial charge in [0.25, 0.3) is 0 Å². The van der Waals surface area contributed by atoms with E-state index in [0.717, 1.165) is 5.56 Å². The Morgan fingerprint density at radius 2 is 1.76 bits per heavy atom. The van der Waals surface area contributed by atoms with E-state index in [1.54, 1.807) is 29.2 Å². The Morgan fingerprint density at radius 1 is 1.10 bits per heavy atom. The summed E-state index contributed by atoms with van der Waals surface area (Å²) in [5.41, 5.74) is 2.12. The lowest BCUT2D eigenvalue weighted by atomic mass is 10.1. The van der Waals surface area contributed by atoms with Crippen LogP contribution in [-0.2, 0) is 9.59 Å². The van der Waals surface area contributed by atoms with Crippen molar-refractivity contribution in [1.82, 2.24) is 0 Å². The van der Waals surface area contributed by atoms with Gasteiger partial charge in [-0.2, -0.15) is 0 Å². The van der Waals surface area contributed by atoms with Gasteiger partial charge in [-0.3, -0.25) is 9.59 Å². The predicted molar refractivity (Wildman–Crippen MR) is 111 cm³/mol. The molecule has 7 nitrogen and oxygen atoms in total. The number of carbonyl (C=O) groups excluding carboxylic acids is 2. The summed E-state index contributed by atoms with van der Waals surface area (Å²) in [6, 6.07) is 8.68. The lowest BCUT2D eigenvalue weighted by molar-refractivity contribution is -0.122. The molecule has 29 heavy (non-hydrogen) atoms. The van der Waals surface area contributed by atoms with E-state index in [2.05, 4.69) is 5.32 Å². The average Bonchev–Trinajstić information content (AvgIpc) is 3.11. The van der Waals surface area contributed by atoms with Gasteiger partial charge < -0.3 is 24.4 Å². The van der Waals surface area contributed by atoms with Crippen LogP contribution in [0.1, 0.15) is 12.0 Å². The molecule has 3 rings (SSSR count). The van der Waals surface area contributed by atoms with Gasteiger partial charge in [-0.05, 0) is 24.6 Å². The predicted octanol–water partition coefficient (Wildman–Crippen LogP) is 3.67. The highest BCUT2D eigenvalue weighted by Gasteiger charge is 2.36. The number of hydrogen-bond donors (Lipinski definition) is 1. The minimum atomic E-state index is -0.486. The van der Waals surface area contributed by atoms with Crippen molar-refractivity contribution in [3.05, 3.63) is 40.9 Å². The number of benzene rings is 2. The standard InChI is InChI=1S/C21H23ClN2O5/c1-12-5-6-14(22)8-16(12)23-21(26)13-7-19(25)24(11-13)15-9-17(27-2)20(29-4)18(10-15)28-3/h5-6,8-10,13H,7,11H2,1-4H3,(H,23,26). The SMILES string of the molecule is COc1cc(N2CC(C(=O)Nc3cc(Cl)ccc3C)CC2=O)cc(OC)c1OC. The Hall–Kier alpha value is -2.93. The van der Waals surface area contributed by atoms with Crippen LogP contribution >= 0.6 is 11.6 Å². The van der Waals surface area contributed by atoms with E-state index in [1.807, 2.05) is 13.0 Å². The Balaban J connectivity index is 1.81. The van der Waals surface area contributed by atoms with Crippen LogP contribution in [0.4, 0.5) is 11.4 Å². The van der Waals surface area contributed by atoms with Gasteiger partial charge in [0, 0.05) is 35.8 Å². The molecule has 2 aromatic rings. The van der Waals surface area contributed by atoms with Gasteiger partial charge in [0.05, 0.1) is 32.9 Å². The normalized spacial score (nSPS) is 16.0. The molecule has 154 valence electrons. The van der Waals surface area contributed by atoms with Crippen molar-refractivity contribution in [3.8, 4) is 17.2 Å². The molecule has 1 aliphatic rings. The minimum Gasteiger partial charge on any atom is -0.493 e. The zero-order valence-corrected chi connectivity index (χ0v) is 17.5. The van der Waals surface area contributed by atoms with Crippen LogP contribution in [0.15, 0.2) is 30.3 Å². The first-order valence-electron chi connectivity index (χ1n) is 9.05. The van der Waals surface area contributed by atoms with E-state index in [4.69, 9.17) is 25.8 Å². The van der Waals surface area contributed by atoms with E-state index in [-0.39, 0.29) is 24.8 Å². The van der Waals surface area contributed by atoms with Gasteiger partial charge in [0.15, 0.2) is 11.5 Å². The van der Waals surface area contributed by atoms with E-state index in [0.29, 0.717) is 33.6 Å². The molecule has 8 heteroatoms. The number of anilines is 2. The third-order valence-corrected chi connectivity index (χ3v) is 5.15. The molecule has 1 atom stereocenters. The molecule has 0 radical (unpaired) electrons. The van der Waals surface area contributed by atoms with Crippen molar-refractivity contribution in [2.45, 2.75) is 13.3 Å². The Labute approximate surface area is 174 Å². The first kappa shape index (κ1) is 20.8. The average molecular weight is 419 g/mol. The van der Waals surface area contributed by atoms with Crippen molar-refractivity contribution >= 4 is 34.8 Å². The van der Waals surface area contributed by atoms with Crippen LogP contribution in [0.2, 0.25) is 5.02 Å². The lowest BCUT2D eigenvalue weighted by Crippen LogP contribution is -2.28. The Kier molecular flexibility index (Phi) is 6.17. The molecule has 1 saturated heterocycles. The summed E-state index contributed by atoms with van der Waals surface area (Å²) >= 11 is 6.02. The van der Waals surface area contributed by atoms with E-state index in [1.165, 1.54) is 21.3 Å². The van der Waals surface area contributed by atoms with Crippen LogP contribution in [0.5, 0.6) is 17.2 Å². The molecule has 1 heterocycles. The number of aryl methyl sites for hydroxylation is 1. The van der Waals surface area contributed by atoms with Gasteiger partial charge in [-0.1, -0.05) is 17.7 Å². The van der Waals surface area contributed by atoms with E-state index >= 15 is 0 Å². The summed E-state index contributed by atoms with van der Waals surface area (Å²) in [6.07, 6.45) is 0.113. The molecule has 2 aromatic carbocycles. The van der Waals surface area contributed by atoms with Crippen LogP contribution in [0, 0.1) is 12.8 Å². The fourth-order valence-corrected chi connectivity index (χ4v) is 3.49. The van der Waals surface area contributed by atoms with Crippen molar-refractivity contribution < 1.29 is 23.8 Å². The van der Waals surface area contributed by atoms with Crippen LogP contribution in [-0.4, -0.2) is 39.7 Å². The third-order valence-electron chi connectivity index (χ3n) is 4.91. The number of amides is 2. The van der Waals surface area contributed by atoms with Gasteiger partial charge in [0.1, 0.15) is 0 Å². The number of halogens is 1. The monoisotopic (exact) mass is 418 g/mol. The maximum atomic E-state index is 12.7. The Bertz CT molecular complexity index is 922. The summed E-state index contributed by atoms with van der Waals surface area (Å²) in [4.78, 5) is 26.9. The van der Waals surface area contributed by atoms with Crippen molar-refractivity contribution in [2.24, 2.45) is 5.92 Å². The minimum absolute atomic E-state index is 0.113. The maximum absolute atomic E-state index is 12.7. The van der Waals surface area contributed by atoms with Gasteiger partial charge >= 0.3 is 0 Å². The number of methoxy groups -OCH3 is 3. The summed E-state index contributed by atoms with van der Waals surface area (Å²) in [7, 11) is 4.53. The van der Waals surface area contributed by atoms with Gasteiger partial charge in [0.2, 0.25) is 17.6 Å². The molecule has 1 aliphatic heterocycles. The molecule has 0 aliphatic carbocycles. The van der Waals surface area contributed by atoms with Gasteiger partial charge in [-0.25, -0.2) is 0 Å². The fraction of sp³-hybridized carbons (Fsp3) is 0.333. The summed E-state index contributed by atoms with van der Waals surface area (Å²) in [5.74, 6) is 0.464. The first-order chi connectivity index (χ1) is 13.9. The molecule has 1 unspecified atom stereocenters. The van der Waals surface area contributed by atoms with Gasteiger partial charge in [-0.15, -0.1) is 0 Å². The summed E-state index contributed by atoms with van der Waals surface area (Å²) < 4.78 is 16.0. The Morgan fingerprint density at radius 3 is 2.34 bits per heavy atom. The highest BCUT2D eigenvalue weighted by molar-refractivity contribution is 6.31. The third kappa shape index (κ3) is 4.24. The lowest BCUT2D eigenvalue weighted by Gasteiger charge is -2.20. The van der Waals surface area contributed by atoms with Crippen LogP contribution < -0.4 is 24.4 Å². The zero-order valence-electron chi connectivity index (χ0n) is 16.7. The van der Waals surface area contributed by atoms with Crippen molar-refractivity contribution in [1.29, 1.82) is 0 Å². The smallest absolute Gasteiger partial charge is 0.229 e. The maximum Gasteiger partial charge on any atom is 0.229 e. The summed E-state index contributed by atoms with van der Waals surface area (Å²) in [5, 5.41) is 3.41. The van der Waals surface area contributed by atoms with Crippen molar-refractivity contribution in [2.75, 3.05) is 38.1 Å². The van der Waals surface area contributed by atoms with E-state index in [9.17, 15) is 9.59 Å². The molecule has 0 bridgehead atoms. The molecular weight excluding hydrogens is 396 g/mol. The second kappa shape index (κ2) is 8.61. The quantitative estimate of drug-likeness (QED) is 0.774. The van der Waals surface area contributed by atoms with E-state index < -0.39 is 5.92 Å². The van der Waals surface area contributed by atoms with Crippen LogP contribution in [0.3, 0.4) is 0 Å².